The van der Waals surface area contributed by atoms with E-state index < -0.39 is 9.84 Å². The predicted molar refractivity (Wildman–Crippen MR) is 98.2 cm³/mol. The molecule has 1 aromatic carbocycles. The Labute approximate surface area is 162 Å². The van der Waals surface area contributed by atoms with Gasteiger partial charge < -0.3 is 13.7 Å². The Morgan fingerprint density at radius 2 is 1.82 bits per heavy atom. The van der Waals surface area contributed by atoms with E-state index in [-0.39, 0.29) is 22.8 Å². The monoisotopic (exact) mass is 401 g/mol. The molecule has 8 nitrogen and oxygen atoms in total. The van der Waals surface area contributed by atoms with E-state index in [2.05, 4.69) is 10.2 Å². The first-order chi connectivity index (χ1) is 13.5. The van der Waals surface area contributed by atoms with Gasteiger partial charge >= 0.3 is 5.22 Å². The molecular formula is C19H19N3O5S. The largest absolute Gasteiger partial charge is 0.459 e. The number of aromatic nitrogens is 2. The van der Waals surface area contributed by atoms with Crippen LogP contribution in [-0.2, 0) is 15.6 Å². The molecule has 1 aliphatic heterocycles. The first-order valence-corrected chi connectivity index (χ1v) is 10.6. The van der Waals surface area contributed by atoms with Gasteiger partial charge in [0.1, 0.15) is 0 Å². The van der Waals surface area contributed by atoms with Crippen molar-refractivity contribution in [1.29, 1.82) is 0 Å². The molecule has 0 spiro atoms. The van der Waals surface area contributed by atoms with Crippen molar-refractivity contribution in [3.8, 4) is 0 Å². The second kappa shape index (κ2) is 7.59. The van der Waals surface area contributed by atoms with Crippen molar-refractivity contribution in [2.24, 2.45) is 0 Å². The van der Waals surface area contributed by atoms with E-state index in [0.29, 0.717) is 43.1 Å². The molecular weight excluding hydrogens is 382 g/mol. The smallest absolute Gasteiger partial charge is 0.335 e. The average molecular weight is 401 g/mol. The second-order valence-corrected chi connectivity index (χ2v) is 8.56. The number of likely N-dealkylation sites (tertiary alicyclic amines) is 1. The number of hydrogen-bond donors (Lipinski definition) is 0. The zero-order valence-electron chi connectivity index (χ0n) is 15.0. The maximum atomic E-state index is 12.5. The van der Waals surface area contributed by atoms with E-state index in [4.69, 9.17) is 8.83 Å². The van der Waals surface area contributed by atoms with Crippen LogP contribution in [0.25, 0.3) is 0 Å². The van der Waals surface area contributed by atoms with E-state index >= 15 is 0 Å². The molecule has 0 aliphatic carbocycles. The number of furan rings is 1. The van der Waals surface area contributed by atoms with Crippen molar-refractivity contribution in [3.63, 3.8) is 0 Å². The van der Waals surface area contributed by atoms with Crippen molar-refractivity contribution < 1.29 is 22.0 Å². The normalized spacial score (nSPS) is 15.6. The fraction of sp³-hybridized carbons (Fsp3) is 0.316. The SMILES string of the molecule is O=C(c1ccco1)N1CCC(c2nnc(S(=O)(=O)Cc3ccccc3)o2)CC1. The Balaban J connectivity index is 1.40. The van der Waals surface area contributed by atoms with E-state index in [1.807, 2.05) is 6.07 Å². The van der Waals surface area contributed by atoms with Gasteiger partial charge in [-0.3, -0.25) is 4.79 Å². The van der Waals surface area contributed by atoms with E-state index in [0.717, 1.165) is 0 Å². The minimum absolute atomic E-state index is 0.0752. The summed E-state index contributed by atoms with van der Waals surface area (Å²) in [5.41, 5.74) is 0.659. The summed E-state index contributed by atoms with van der Waals surface area (Å²) in [5.74, 6) is 0.196. The number of carbonyl (C=O) groups is 1. The van der Waals surface area contributed by atoms with Gasteiger partial charge in [0.15, 0.2) is 5.76 Å². The number of benzene rings is 1. The Kier molecular flexibility index (Phi) is 4.99. The van der Waals surface area contributed by atoms with Gasteiger partial charge in [-0.05, 0) is 30.5 Å². The Bertz CT molecular complexity index is 1040. The summed E-state index contributed by atoms with van der Waals surface area (Å²) in [7, 11) is -3.70. The summed E-state index contributed by atoms with van der Waals surface area (Å²) < 4.78 is 35.7. The third kappa shape index (κ3) is 3.84. The van der Waals surface area contributed by atoms with Gasteiger partial charge in [-0.25, -0.2) is 8.42 Å². The van der Waals surface area contributed by atoms with Crippen LogP contribution >= 0.6 is 0 Å². The first-order valence-electron chi connectivity index (χ1n) is 8.96. The topological polar surface area (TPSA) is 107 Å². The van der Waals surface area contributed by atoms with Gasteiger partial charge in [0.05, 0.1) is 12.0 Å². The third-order valence-electron chi connectivity index (χ3n) is 4.75. The van der Waals surface area contributed by atoms with Crippen LogP contribution in [0.15, 0.2) is 62.8 Å². The summed E-state index contributed by atoms with van der Waals surface area (Å²) in [6.45, 7) is 1.03. The molecule has 3 aromatic rings. The minimum Gasteiger partial charge on any atom is -0.459 e. The lowest BCUT2D eigenvalue weighted by Gasteiger charge is -2.29. The maximum absolute atomic E-state index is 12.5. The highest BCUT2D eigenvalue weighted by Gasteiger charge is 2.30. The molecule has 0 radical (unpaired) electrons. The van der Waals surface area contributed by atoms with Gasteiger partial charge in [0.25, 0.3) is 5.91 Å². The van der Waals surface area contributed by atoms with Crippen molar-refractivity contribution >= 4 is 15.7 Å². The summed E-state index contributed by atoms with van der Waals surface area (Å²) in [6, 6.07) is 12.2. The molecule has 1 fully saturated rings. The molecule has 0 saturated carbocycles. The van der Waals surface area contributed by atoms with Crippen molar-refractivity contribution in [2.75, 3.05) is 13.1 Å². The highest BCUT2D eigenvalue weighted by atomic mass is 32.2. The highest BCUT2D eigenvalue weighted by molar-refractivity contribution is 7.90. The second-order valence-electron chi connectivity index (χ2n) is 6.69. The minimum atomic E-state index is -3.70. The quantitative estimate of drug-likeness (QED) is 0.647. The molecule has 2 aromatic heterocycles. The predicted octanol–water partition coefficient (Wildman–Crippen LogP) is 2.66. The molecule has 4 rings (SSSR count). The highest BCUT2D eigenvalue weighted by Crippen LogP contribution is 2.29. The Morgan fingerprint density at radius 3 is 2.50 bits per heavy atom. The molecule has 1 saturated heterocycles. The fourth-order valence-corrected chi connectivity index (χ4v) is 4.38. The first kappa shape index (κ1) is 18.4. The third-order valence-corrected chi connectivity index (χ3v) is 6.16. The van der Waals surface area contributed by atoms with Crippen LogP contribution in [-0.4, -0.2) is 42.5 Å². The lowest BCUT2D eigenvalue weighted by atomic mass is 9.96. The van der Waals surface area contributed by atoms with Crippen LogP contribution in [0.5, 0.6) is 0 Å². The molecule has 1 aliphatic rings. The summed E-state index contributed by atoms with van der Waals surface area (Å²) in [5, 5.41) is 7.34. The van der Waals surface area contributed by atoms with Crippen molar-refractivity contribution in [1.82, 2.24) is 15.1 Å². The van der Waals surface area contributed by atoms with Crippen LogP contribution in [0, 0.1) is 0 Å². The molecule has 0 atom stereocenters. The van der Waals surface area contributed by atoms with Gasteiger partial charge in [0.2, 0.25) is 15.7 Å². The summed E-state index contributed by atoms with van der Waals surface area (Å²) in [4.78, 5) is 14.0. The van der Waals surface area contributed by atoms with Gasteiger partial charge in [-0.1, -0.05) is 35.4 Å². The van der Waals surface area contributed by atoms with Crippen LogP contribution in [0.2, 0.25) is 0 Å². The number of sulfone groups is 1. The number of carbonyl (C=O) groups excluding carboxylic acids is 1. The van der Waals surface area contributed by atoms with Crippen LogP contribution in [0.1, 0.15) is 40.8 Å². The number of rotatable bonds is 5. The van der Waals surface area contributed by atoms with Gasteiger partial charge in [0, 0.05) is 19.0 Å². The van der Waals surface area contributed by atoms with Crippen molar-refractivity contribution in [2.45, 2.75) is 29.7 Å². The molecule has 146 valence electrons. The van der Waals surface area contributed by atoms with Crippen molar-refractivity contribution in [3.05, 3.63) is 65.9 Å². The molecule has 9 heteroatoms. The molecule has 0 N–H and O–H groups in total. The molecule has 28 heavy (non-hydrogen) atoms. The summed E-state index contributed by atoms with van der Waals surface area (Å²) >= 11 is 0. The Morgan fingerprint density at radius 1 is 1.07 bits per heavy atom. The van der Waals surface area contributed by atoms with Gasteiger partial charge in [-0.2, -0.15) is 0 Å². The van der Waals surface area contributed by atoms with E-state index in [9.17, 15) is 13.2 Å². The zero-order valence-corrected chi connectivity index (χ0v) is 15.8. The number of amides is 1. The standard InChI is InChI=1S/C19H19N3O5S/c23-18(16-7-4-12-26-16)22-10-8-15(9-11-22)17-20-21-19(27-17)28(24,25)13-14-5-2-1-3-6-14/h1-7,12,15H,8-11,13H2. The zero-order chi connectivity index (χ0) is 19.6. The van der Waals surface area contributed by atoms with Crippen LogP contribution < -0.4 is 0 Å². The van der Waals surface area contributed by atoms with E-state index in [1.165, 1.54) is 6.26 Å². The van der Waals surface area contributed by atoms with Crippen LogP contribution in [0.4, 0.5) is 0 Å². The molecule has 3 heterocycles. The van der Waals surface area contributed by atoms with Crippen LogP contribution in [0.3, 0.4) is 0 Å². The summed E-state index contributed by atoms with van der Waals surface area (Å²) in [6.07, 6.45) is 2.70. The number of hydrogen-bond acceptors (Lipinski definition) is 7. The number of piperidine rings is 1. The molecule has 0 unspecified atom stereocenters. The Hall–Kier alpha value is -2.94. The average Bonchev–Trinajstić information content (AvgIpc) is 3.40. The number of nitrogens with zero attached hydrogens (tertiary/aromatic N) is 3. The molecule has 0 bridgehead atoms. The lowest BCUT2D eigenvalue weighted by molar-refractivity contribution is 0.0673. The van der Waals surface area contributed by atoms with Gasteiger partial charge in [-0.15, -0.1) is 5.10 Å². The van der Waals surface area contributed by atoms with E-state index in [1.54, 1.807) is 41.3 Å². The lowest BCUT2D eigenvalue weighted by Crippen LogP contribution is -2.37. The maximum Gasteiger partial charge on any atom is 0.335 e. The fourth-order valence-electron chi connectivity index (χ4n) is 3.25. The molecule has 1 amide bonds.